The highest BCUT2D eigenvalue weighted by Gasteiger charge is 2.41. The molecule has 1 saturated carbocycles. The van der Waals surface area contributed by atoms with Gasteiger partial charge in [-0.1, -0.05) is 54.9 Å². The van der Waals surface area contributed by atoms with Gasteiger partial charge in [-0.05, 0) is 36.6 Å². The number of carbonyl (C=O) groups excluding carboxylic acids is 3. The molecule has 2 aromatic rings. The lowest BCUT2D eigenvalue weighted by atomic mass is 9.88. The molecule has 1 heterocycles. The molecule has 6 nitrogen and oxygen atoms in total. The maximum atomic E-state index is 13.4. The van der Waals surface area contributed by atoms with Crippen molar-refractivity contribution in [2.24, 2.45) is 0 Å². The number of ether oxygens (including phenoxy) is 1. The van der Waals surface area contributed by atoms with Gasteiger partial charge in [-0.2, -0.15) is 0 Å². The topological polar surface area (TPSA) is 75.7 Å². The second-order valence-corrected chi connectivity index (χ2v) is 8.27. The van der Waals surface area contributed by atoms with E-state index >= 15 is 0 Å². The maximum Gasteiger partial charge on any atom is 0.289 e. The van der Waals surface area contributed by atoms with Crippen molar-refractivity contribution in [1.29, 1.82) is 0 Å². The zero-order chi connectivity index (χ0) is 20.4. The Labute approximate surface area is 174 Å². The minimum atomic E-state index is -0.284. The van der Waals surface area contributed by atoms with Crippen molar-refractivity contribution in [1.82, 2.24) is 10.2 Å². The Kier molecular flexibility index (Phi) is 5.76. The van der Waals surface area contributed by atoms with E-state index in [1.807, 2.05) is 43.3 Å². The van der Waals surface area contributed by atoms with Crippen LogP contribution in [0, 0.1) is 0 Å². The molecular weight excluding hydrogens is 388 g/mol. The summed E-state index contributed by atoms with van der Waals surface area (Å²) in [5, 5.41) is 4.70. The van der Waals surface area contributed by atoms with E-state index in [9.17, 15) is 14.4 Å². The highest BCUT2D eigenvalue weighted by molar-refractivity contribution is 8.14. The Balaban J connectivity index is 1.65. The average molecular weight is 413 g/mol. The lowest BCUT2D eigenvalue weighted by Crippen LogP contribution is -2.54. The summed E-state index contributed by atoms with van der Waals surface area (Å²) in [6.07, 6.45) is 3.36. The van der Waals surface area contributed by atoms with Crippen molar-refractivity contribution in [2.75, 3.05) is 12.4 Å². The van der Waals surface area contributed by atoms with Crippen LogP contribution in [-0.2, 0) is 4.79 Å². The minimum absolute atomic E-state index is 0.161. The van der Waals surface area contributed by atoms with Gasteiger partial charge in [-0.15, -0.1) is 0 Å². The highest BCUT2D eigenvalue weighted by Crippen LogP contribution is 2.32. The van der Waals surface area contributed by atoms with E-state index in [0.29, 0.717) is 17.9 Å². The first-order valence-electron chi connectivity index (χ1n) is 10.0. The minimum Gasteiger partial charge on any atom is -0.493 e. The van der Waals surface area contributed by atoms with Crippen LogP contribution in [0.2, 0.25) is 0 Å². The molecule has 152 valence electrons. The average Bonchev–Trinajstić information content (AvgIpc) is 3.06. The molecule has 7 heteroatoms. The van der Waals surface area contributed by atoms with Gasteiger partial charge in [-0.3, -0.25) is 19.3 Å². The predicted octanol–water partition coefficient (Wildman–Crippen LogP) is 3.97. The number of hydrogen-bond donors (Lipinski definition) is 1. The molecule has 1 saturated heterocycles. The second-order valence-electron chi connectivity index (χ2n) is 7.34. The Morgan fingerprint density at radius 3 is 2.72 bits per heavy atom. The molecule has 2 fully saturated rings. The van der Waals surface area contributed by atoms with Gasteiger partial charge in [0, 0.05) is 0 Å². The van der Waals surface area contributed by atoms with Crippen molar-refractivity contribution in [3.8, 4) is 5.75 Å². The van der Waals surface area contributed by atoms with E-state index in [-0.39, 0.29) is 34.9 Å². The fourth-order valence-corrected chi connectivity index (χ4v) is 5.04. The third kappa shape index (κ3) is 3.83. The van der Waals surface area contributed by atoms with E-state index in [2.05, 4.69) is 5.32 Å². The van der Waals surface area contributed by atoms with Crippen LogP contribution >= 0.6 is 11.8 Å². The summed E-state index contributed by atoms with van der Waals surface area (Å²) in [4.78, 5) is 39.2. The van der Waals surface area contributed by atoms with Crippen molar-refractivity contribution < 1.29 is 19.1 Å². The van der Waals surface area contributed by atoms with Gasteiger partial charge in [0.2, 0.25) is 5.91 Å². The van der Waals surface area contributed by atoms with Crippen LogP contribution in [-0.4, -0.2) is 46.4 Å². The van der Waals surface area contributed by atoms with Crippen molar-refractivity contribution in [3.05, 3.63) is 42.0 Å². The largest absolute Gasteiger partial charge is 0.493 e. The Bertz CT molecular complexity index is 945. The maximum absolute atomic E-state index is 13.4. The van der Waals surface area contributed by atoms with Gasteiger partial charge < -0.3 is 10.1 Å². The third-order valence-electron chi connectivity index (χ3n) is 5.58. The SMILES string of the molecule is CCOc1ccc2ccccc2c1C(=O)NC1CCCCC1N1C(=O)CSC1=O. The van der Waals surface area contributed by atoms with Crippen LogP contribution in [0.3, 0.4) is 0 Å². The van der Waals surface area contributed by atoms with Gasteiger partial charge >= 0.3 is 0 Å². The Hall–Kier alpha value is -2.54. The number of thioether (sulfide) groups is 1. The summed E-state index contributed by atoms with van der Waals surface area (Å²) in [5.41, 5.74) is 0.503. The smallest absolute Gasteiger partial charge is 0.289 e. The number of imide groups is 1. The van der Waals surface area contributed by atoms with Crippen molar-refractivity contribution in [2.45, 2.75) is 44.7 Å². The summed E-state index contributed by atoms with van der Waals surface area (Å²) < 4.78 is 5.73. The Morgan fingerprint density at radius 1 is 1.17 bits per heavy atom. The van der Waals surface area contributed by atoms with Crippen LogP contribution in [0.1, 0.15) is 43.0 Å². The summed E-state index contributed by atoms with van der Waals surface area (Å²) in [6, 6.07) is 10.9. The zero-order valence-electron chi connectivity index (χ0n) is 16.3. The van der Waals surface area contributed by atoms with Gasteiger partial charge in [0.25, 0.3) is 11.1 Å². The molecule has 0 aromatic heterocycles. The van der Waals surface area contributed by atoms with Crippen molar-refractivity contribution in [3.63, 3.8) is 0 Å². The van der Waals surface area contributed by atoms with Crippen LogP contribution < -0.4 is 10.1 Å². The number of nitrogens with zero attached hydrogens (tertiary/aromatic N) is 1. The summed E-state index contributed by atoms with van der Waals surface area (Å²) in [5.74, 6) is 0.341. The normalized spacial score (nSPS) is 22.2. The Morgan fingerprint density at radius 2 is 1.97 bits per heavy atom. The number of amides is 3. The number of fused-ring (bicyclic) bond motifs is 1. The summed E-state index contributed by atoms with van der Waals surface area (Å²) in [6.45, 7) is 2.34. The molecule has 1 aliphatic carbocycles. The van der Waals surface area contributed by atoms with E-state index in [4.69, 9.17) is 4.74 Å². The van der Waals surface area contributed by atoms with Crippen LogP contribution in [0.15, 0.2) is 36.4 Å². The first kappa shape index (κ1) is 19.8. The molecule has 3 amide bonds. The van der Waals surface area contributed by atoms with Crippen LogP contribution in [0.4, 0.5) is 4.79 Å². The lowest BCUT2D eigenvalue weighted by molar-refractivity contribution is -0.127. The van der Waals surface area contributed by atoms with Gasteiger partial charge in [-0.25, -0.2) is 0 Å². The molecule has 2 aliphatic rings. The molecular formula is C22H24N2O4S. The molecule has 0 radical (unpaired) electrons. The summed E-state index contributed by atoms with van der Waals surface area (Å²) >= 11 is 1.04. The molecule has 2 aromatic carbocycles. The van der Waals surface area contributed by atoms with E-state index < -0.39 is 0 Å². The van der Waals surface area contributed by atoms with Gasteiger partial charge in [0.1, 0.15) is 5.75 Å². The van der Waals surface area contributed by atoms with Crippen LogP contribution in [0.25, 0.3) is 10.8 Å². The third-order valence-corrected chi connectivity index (χ3v) is 6.41. The first-order valence-corrected chi connectivity index (χ1v) is 11.0. The fraction of sp³-hybridized carbons (Fsp3) is 0.409. The molecule has 4 rings (SSSR count). The number of nitrogens with one attached hydrogen (secondary N) is 1. The second kappa shape index (κ2) is 8.45. The molecule has 2 atom stereocenters. The molecule has 0 bridgehead atoms. The summed E-state index contributed by atoms with van der Waals surface area (Å²) in [7, 11) is 0. The lowest BCUT2D eigenvalue weighted by Gasteiger charge is -2.36. The first-order chi connectivity index (χ1) is 14.1. The molecule has 29 heavy (non-hydrogen) atoms. The van der Waals surface area contributed by atoms with E-state index in [1.54, 1.807) is 0 Å². The zero-order valence-corrected chi connectivity index (χ0v) is 17.2. The molecule has 0 spiro atoms. The number of rotatable bonds is 5. The van der Waals surface area contributed by atoms with Crippen LogP contribution in [0.5, 0.6) is 5.75 Å². The standard InChI is InChI=1S/C22H24N2O4S/c1-2-28-18-12-11-14-7-3-4-8-15(14)20(18)21(26)23-16-9-5-6-10-17(16)24-19(25)13-29-22(24)27/h3-4,7-8,11-12,16-17H,2,5-6,9-10,13H2,1H3,(H,23,26). The number of benzene rings is 2. The van der Waals surface area contributed by atoms with Gasteiger partial charge in [0.05, 0.1) is 30.0 Å². The number of hydrogen-bond acceptors (Lipinski definition) is 5. The molecule has 2 unspecified atom stereocenters. The number of carbonyl (C=O) groups is 3. The molecule has 1 aliphatic heterocycles. The van der Waals surface area contributed by atoms with Gasteiger partial charge in [0.15, 0.2) is 0 Å². The molecule has 1 N–H and O–H groups in total. The van der Waals surface area contributed by atoms with E-state index in [0.717, 1.165) is 48.2 Å². The quantitative estimate of drug-likeness (QED) is 0.804. The predicted molar refractivity (Wildman–Crippen MR) is 113 cm³/mol. The van der Waals surface area contributed by atoms with Crippen molar-refractivity contribution >= 4 is 39.6 Å². The fourth-order valence-electron chi connectivity index (χ4n) is 4.28. The van der Waals surface area contributed by atoms with E-state index in [1.165, 1.54) is 4.90 Å². The highest BCUT2D eigenvalue weighted by atomic mass is 32.2. The monoisotopic (exact) mass is 412 g/mol.